The molecule has 2 spiro atoms. The Morgan fingerprint density at radius 2 is 1.23 bits per heavy atom. The van der Waals surface area contributed by atoms with Gasteiger partial charge >= 0.3 is 47.5 Å². The molecule has 0 aromatic heterocycles. The first-order valence-electron chi connectivity index (χ1n) is 28.2. The monoisotopic (exact) mass is 1020 g/mol. The summed E-state index contributed by atoms with van der Waals surface area (Å²) in [6.45, 7) is 12.0. The summed E-state index contributed by atoms with van der Waals surface area (Å²) in [5, 5.41) is 23.0. The largest absolute Gasteiger partial charge is 1.00 e. The van der Waals surface area contributed by atoms with Gasteiger partial charge in [0, 0.05) is 0 Å². The molecular formula is C57H93NaO12S. The molecule has 71 heavy (non-hydrogen) atoms. The molecule has 5 fully saturated rings. The fourth-order valence-corrected chi connectivity index (χ4v) is 13.2. The smallest absolute Gasteiger partial charge is 0.726 e. The second-order valence-corrected chi connectivity index (χ2v) is 23.4. The number of rotatable bonds is 24. The quantitative estimate of drug-likeness (QED) is 0.0233. The zero-order valence-electron chi connectivity index (χ0n) is 45.2. The Morgan fingerprint density at radius 1 is 0.704 bits per heavy atom. The van der Waals surface area contributed by atoms with E-state index in [4.69, 9.17) is 18.4 Å². The minimum absolute atomic E-state index is 0. The molecule has 5 aliphatic rings. The fraction of sp³-hybridized carbons (Fsp3) is 0.842. The molecule has 5 rings (SSSR count). The van der Waals surface area contributed by atoms with E-state index in [1.54, 1.807) is 0 Å². The Bertz CT molecular complexity index is 1900. The topological polar surface area (TPSA) is 186 Å². The molecule has 2 aliphatic heterocycles. The van der Waals surface area contributed by atoms with E-state index in [2.05, 4.69) is 46.8 Å². The molecule has 12 nitrogen and oxygen atoms in total. The number of carbonyl (C=O) groups is 3. The van der Waals surface area contributed by atoms with Gasteiger partial charge in [0.1, 0.15) is 17.4 Å². The van der Waals surface area contributed by atoms with Crippen molar-refractivity contribution in [2.45, 2.75) is 264 Å². The summed E-state index contributed by atoms with van der Waals surface area (Å²) in [5.74, 6) is -2.02. The maximum Gasteiger partial charge on any atom is 1.00 e. The van der Waals surface area contributed by atoms with Crippen LogP contribution in [0, 0.1) is 34.5 Å². The molecule has 3 saturated carbocycles. The molecule has 0 bridgehead atoms. The van der Waals surface area contributed by atoms with Gasteiger partial charge in [0.15, 0.2) is 6.10 Å². The van der Waals surface area contributed by atoms with E-state index >= 15 is 4.79 Å². The second kappa shape index (κ2) is 29.6. The van der Waals surface area contributed by atoms with Gasteiger partial charge in [-0.1, -0.05) is 173 Å². The van der Waals surface area contributed by atoms with Gasteiger partial charge in [-0.25, -0.2) is 8.42 Å². The van der Waals surface area contributed by atoms with Crippen LogP contribution in [-0.2, 0) is 43.2 Å². The van der Waals surface area contributed by atoms with Crippen molar-refractivity contribution >= 4 is 28.3 Å². The Kier molecular flexibility index (Phi) is 25.9. The van der Waals surface area contributed by atoms with E-state index in [0.29, 0.717) is 64.2 Å². The van der Waals surface area contributed by atoms with Crippen LogP contribution in [0.5, 0.6) is 0 Å². The van der Waals surface area contributed by atoms with Gasteiger partial charge in [-0.05, 0) is 114 Å². The van der Waals surface area contributed by atoms with Crippen LogP contribution in [0.15, 0.2) is 34.9 Å². The number of hydrogen-bond donors (Lipinski definition) is 2. The van der Waals surface area contributed by atoms with Crippen molar-refractivity contribution in [3.63, 3.8) is 0 Å². The number of hydrogen-bond acceptors (Lipinski definition) is 12. The normalized spacial score (nSPS) is 30.9. The number of unbranched alkanes of at least 4 members (excludes halogenated alkanes) is 3. The van der Waals surface area contributed by atoms with Crippen LogP contribution in [0.25, 0.3) is 0 Å². The van der Waals surface area contributed by atoms with E-state index in [0.717, 1.165) is 139 Å². The number of cyclic esters (lactones) is 2. The summed E-state index contributed by atoms with van der Waals surface area (Å²) >= 11 is 0. The van der Waals surface area contributed by atoms with Crippen molar-refractivity contribution in [1.29, 1.82) is 0 Å². The maximum absolute atomic E-state index is 15.0. The van der Waals surface area contributed by atoms with Gasteiger partial charge in [0.2, 0.25) is 16.0 Å². The summed E-state index contributed by atoms with van der Waals surface area (Å²) in [6.07, 6.45) is 25.9. The van der Waals surface area contributed by atoms with E-state index in [1.807, 2.05) is 13.0 Å². The van der Waals surface area contributed by atoms with Crippen molar-refractivity contribution < 1.29 is 85.5 Å². The number of ether oxygens (including phenoxy) is 3. The third-order valence-corrected chi connectivity index (χ3v) is 17.8. The number of aliphatic hydroxyl groups excluding tert-OH is 2. The van der Waals surface area contributed by atoms with Crippen LogP contribution in [0.1, 0.15) is 234 Å². The van der Waals surface area contributed by atoms with Crippen LogP contribution in [0.2, 0.25) is 0 Å². The zero-order valence-corrected chi connectivity index (χ0v) is 48.0. The number of carbonyl (C=O) groups excluding carboxylic acids is 3. The van der Waals surface area contributed by atoms with Gasteiger partial charge in [-0.2, -0.15) is 0 Å². The maximum atomic E-state index is 15.0. The van der Waals surface area contributed by atoms with Crippen molar-refractivity contribution in [2.24, 2.45) is 34.5 Å². The van der Waals surface area contributed by atoms with Crippen LogP contribution in [0.3, 0.4) is 0 Å². The predicted octanol–water partition coefficient (Wildman–Crippen LogP) is 9.40. The molecule has 14 heteroatoms. The first-order valence-corrected chi connectivity index (χ1v) is 29.5. The van der Waals surface area contributed by atoms with E-state index < -0.39 is 69.1 Å². The molecule has 0 aromatic carbocycles. The van der Waals surface area contributed by atoms with Gasteiger partial charge in [0.25, 0.3) is 0 Å². The average molecular weight is 1030 g/mol. The molecule has 0 amide bonds. The van der Waals surface area contributed by atoms with Gasteiger partial charge in [0.05, 0.1) is 24.2 Å². The third kappa shape index (κ3) is 15.5. The third-order valence-electron chi connectivity index (χ3n) is 17.4. The molecule has 3 aliphatic carbocycles. The average Bonchev–Trinajstić information content (AvgIpc) is 3.30. The van der Waals surface area contributed by atoms with Crippen molar-refractivity contribution in [3.8, 4) is 0 Å². The van der Waals surface area contributed by atoms with Crippen LogP contribution in [0.4, 0.5) is 0 Å². The van der Waals surface area contributed by atoms with Crippen molar-refractivity contribution in [2.75, 3.05) is 6.61 Å². The van der Waals surface area contributed by atoms with Gasteiger partial charge < -0.3 is 29.0 Å². The SMILES string of the molecule is CCCCC(C)C(O)CC=C1CCCCCCC12C(=O)OC2C1(COC(=O)C2CCCCCCC2=CCC(OS(=O)(=O)[O-])C(C)CCCC)OC(=O)C12CCCCCCC2=CCC(O)C(C)CCCC.[Na+]. The predicted molar refractivity (Wildman–Crippen MR) is 272 cm³/mol. The Hall–Kier alpha value is -1.58. The van der Waals surface area contributed by atoms with Crippen LogP contribution >= 0.6 is 0 Å². The standard InChI is InChI=1S/C57H94O12S.Na/c1-7-10-25-41(4)48(58)35-33-45-29-20-15-17-23-38-55(45)52(67-53(55)61)57(56(54(62)68-57)39-24-18-16-21-30-46(56)34-36-49(59)42(5)26-11-8-2)40-66-51(60)47-31-22-14-13-19-28-44(47)32-37-50(69-70(63,64)65)43(6)27-12-9-3;/h32-34,41-43,47-50,52,58-59H,7-31,35-40H2,1-6H3,(H,63,64,65);/q;+1/p-1. The summed E-state index contributed by atoms with van der Waals surface area (Å²) in [7, 11) is -4.98. The summed E-state index contributed by atoms with van der Waals surface area (Å²) in [5.41, 5.74) is -1.43. The van der Waals surface area contributed by atoms with Gasteiger partial charge in [-0.3, -0.25) is 18.6 Å². The van der Waals surface area contributed by atoms with Crippen LogP contribution in [-0.4, -0.2) is 77.7 Å². The molecule has 0 aromatic rings. The summed E-state index contributed by atoms with van der Waals surface area (Å²) in [4.78, 5) is 44.6. The van der Waals surface area contributed by atoms with E-state index in [1.165, 1.54) is 0 Å². The van der Waals surface area contributed by atoms with Gasteiger partial charge in [-0.15, -0.1) is 0 Å². The van der Waals surface area contributed by atoms with E-state index in [9.17, 15) is 32.8 Å². The minimum Gasteiger partial charge on any atom is -0.726 e. The molecular weight excluding hydrogens is 932 g/mol. The molecule has 2 saturated heterocycles. The first kappa shape index (κ1) is 62.0. The minimum atomic E-state index is -4.98. The second-order valence-electron chi connectivity index (χ2n) is 22.4. The fourth-order valence-electron chi connectivity index (χ4n) is 12.6. The first-order chi connectivity index (χ1) is 33.5. The molecule has 0 radical (unpaired) electrons. The number of aliphatic hydroxyl groups is 2. The Morgan fingerprint density at radius 3 is 1.79 bits per heavy atom. The molecule has 2 N–H and O–H groups in total. The zero-order chi connectivity index (χ0) is 51.0. The number of esters is 3. The molecule has 11 unspecified atom stereocenters. The molecule has 2 heterocycles. The summed E-state index contributed by atoms with van der Waals surface area (Å²) in [6, 6.07) is 0. The summed E-state index contributed by atoms with van der Waals surface area (Å²) < 4.78 is 60.7. The molecule has 400 valence electrons. The van der Waals surface area contributed by atoms with Crippen molar-refractivity contribution in [3.05, 3.63) is 34.9 Å². The van der Waals surface area contributed by atoms with Crippen molar-refractivity contribution in [1.82, 2.24) is 0 Å². The Labute approximate surface area is 451 Å². The van der Waals surface area contributed by atoms with Crippen LogP contribution < -0.4 is 29.6 Å². The van der Waals surface area contributed by atoms with E-state index in [-0.39, 0.29) is 66.3 Å². The molecule has 11 atom stereocenters. The Balaban J connectivity index is 0.0000110.